The molecule has 2 aromatic heterocycles. The monoisotopic (exact) mass is 553 g/mol. The molecule has 2 N–H and O–H groups in total. The highest BCUT2D eigenvalue weighted by atomic mass is 32.1. The summed E-state index contributed by atoms with van der Waals surface area (Å²) in [6.45, 7) is 6.80. The summed E-state index contributed by atoms with van der Waals surface area (Å²) < 4.78 is 7.72. The Morgan fingerprint density at radius 2 is 1.88 bits per heavy atom. The largest absolute Gasteiger partial charge is 0.497 e. The number of para-hydroxylation sites is 1. The van der Waals surface area contributed by atoms with E-state index in [1.54, 1.807) is 13.3 Å². The summed E-state index contributed by atoms with van der Waals surface area (Å²) in [5.74, 6) is 0.768. The van der Waals surface area contributed by atoms with Gasteiger partial charge < -0.3 is 24.8 Å². The molecule has 0 radical (unpaired) electrons. The van der Waals surface area contributed by atoms with Gasteiger partial charge in [0.2, 0.25) is 5.91 Å². The number of methoxy groups -OCH3 is 1. The number of hydrogen-bond acceptors (Lipinski definition) is 4. The van der Waals surface area contributed by atoms with E-state index in [9.17, 15) is 4.79 Å². The first-order valence-corrected chi connectivity index (χ1v) is 14.0. The van der Waals surface area contributed by atoms with Crippen LogP contribution in [0.1, 0.15) is 53.6 Å². The van der Waals surface area contributed by atoms with Gasteiger partial charge in [0.1, 0.15) is 5.75 Å². The van der Waals surface area contributed by atoms with Crippen molar-refractivity contribution in [2.75, 3.05) is 19.0 Å². The van der Waals surface area contributed by atoms with Crippen molar-refractivity contribution in [3.63, 3.8) is 0 Å². The maximum absolute atomic E-state index is 13.1. The van der Waals surface area contributed by atoms with Crippen molar-refractivity contribution in [1.82, 2.24) is 19.8 Å². The van der Waals surface area contributed by atoms with E-state index < -0.39 is 0 Å². The maximum Gasteiger partial charge on any atom is 0.226 e. The summed E-state index contributed by atoms with van der Waals surface area (Å²) in [4.78, 5) is 19.9. The van der Waals surface area contributed by atoms with Gasteiger partial charge in [-0.15, -0.1) is 0 Å². The van der Waals surface area contributed by atoms with Crippen molar-refractivity contribution in [3.8, 4) is 11.4 Å². The molecule has 0 unspecified atom stereocenters. The van der Waals surface area contributed by atoms with Crippen LogP contribution >= 0.6 is 12.2 Å². The Kier molecular flexibility index (Phi) is 8.16. The minimum absolute atomic E-state index is 0.0365. The van der Waals surface area contributed by atoms with Gasteiger partial charge in [-0.2, -0.15) is 0 Å². The topological polar surface area (TPSA) is 71.4 Å². The fourth-order valence-electron chi connectivity index (χ4n) is 5.60. The number of thiocarbonyl (C=S) groups is 1. The summed E-state index contributed by atoms with van der Waals surface area (Å²) in [6, 6.07) is 23.8. The van der Waals surface area contributed by atoms with Crippen LogP contribution in [0.3, 0.4) is 0 Å². The first-order valence-electron chi connectivity index (χ1n) is 13.6. The first kappa shape index (κ1) is 27.4. The van der Waals surface area contributed by atoms with Gasteiger partial charge in [-0.25, -0.2) is 0 Å². The highest BCUT2D eigenvalue weighted by Crippen LogP contribution is 2.41. The lowest BCUT2D eigenvalue weighted by Gasteiger charge is -2.28. The van der Waals surface area contributed by atoms with E-state index in [-0.39, 0.29) is 18.0 Å². The highest BCUT2D eigenvalue weighted by molar-refractivity contribution is 7.80. The Labute approximate surface area is 241 Å². The normalized spacial score (nSPS) is 16.6. The minimum Gasteiger partial charge on any atom is -0.497 e. The van der Waals surface area contributed by atoms with Gasteiger partial charge >= 0.3 is 0 Å². The molecule has 2 aromatic carbocycles. The number of nitrogens with zero attached hydrogens (tertiary/aromatic N) is 3. The Hall–Kier alpha value is -4.17. The summed E-state index contributed by atoms with van der Waals surface area (Å²) in [5.41, 5.74) is 7.27. The molecule has 8 heteroatoms. The van der Waals surface area contributed by atoms with Crippen molar-refractivity contribution in [2.24, 2.45) is 0 Å². The van der Waals surface area contributed by atoms with Gasteiger partial charge in [-0.1, -0.05) is 37.3 Å². The predicted molar refractivity (Wildman–Crippen MR) is 163 cm³/mol. The number of ether oxygens (including phenoxy) is 1. The lowest BCUT2D eigenvalue weighted by molar-refractivity contribution is -0.116. The number of pyridine rings is 1. The van der Waals surface area contributed by atoms with Gasteiger partial charge in [0.05, 0.1) is 24.9 Å². The Morgan fingerprint density at radius 1 is 1.07 bits per heavy atom. The molecule has 0 bridgehead atoms. The zero-order valence-electron chi connectivity index (χ0n) is 23.3. The van der Waals surface area contributed by atoms with Crippen LogP contribution in [0.5, 0.6) is 5.75 Å². The first-order chi connectivity index (χ1) is 19.4. The van der Waals surface area contributed by atoms with Crippen LogP contribution in [0, 0.1) is 13.8 Å². The molecule has 7 nitrogen and oxygen atoms in total. The fourth-order valence-corrected chi connectivity index (χ4v) is 5.94. The molecule has 3 heterocycles. The molecule has 1 fully saturated rings. The molecule has 1 aliphatic heterocycles. The van der Waals surface area contributed by atoms with Crippen LogP contribution in [0.15, 0.2) is 79.0 Å². The molecule has 1 aliphatic rings. The van der Waals surface area contributed by atoms with Crippen molar-refractivity contribution < 1.29 is 9.53 Å². The Balaban J connectivity index is 1.47. The fraction of sp³-hybridized carbons (Fsp3) is 0.281. The van der Waals surface area contributed by atoms with Gasteiger partial charge in [0, 0.05) is 48.0 Å². The Bertz CT molecular complexity index is 1520. The lowest BCUT2D eigenvalue weighted by Crippen LogP contribution is -2.33. The number of aromatic nitrogens is 2. The van der Waals surface area contributed by atoms with Crippen molar-refractivity contribution in [3.05, 3.63) is 107 Å². The van der Waals surface area contributed by atoms with E-state index in [2.05, 4.69) is 58.0 Å². The Morgan fingerprint density at radius 3 is 2.62 bits per heavy atom. The summed E-state index contributed by atoms with van der Waals surface area (Å²) >= 11 is 5.86. The van der Waals surface area contributed by atoms with E-state index in [4.69, 9.17) is 17.0 Å². The third-order valence-electron chi connectivity index (χ3n) is 7.55. The predicted octanol–water partition coefficient (Wildman–Crippen LogP) is 6.06. The molecule has 4 aromatic rings. The van der Waals surface area contributed by atoms with Crippen LogP contribution in [0.2, 0.25) is 0 Å². The lowest BCUT2D eigenvalue weighted by atomic mass is 9.96. The molecule has 1 amide bonds. The van der Waals surface area contributed by atoms with Gasteiger partial charge in [-0.05, 0) is 80.0 Å². The third kappa shape index (κ3) is 5.45. The van der Waals surface area contributed by atoms with Crippen molar-refractivity contribution in [1.29, 1.82) is 0 Å². The summed E-state index contributed by atoms with van der Waals surface area (Å²) in [6.07, 6.45) is 2.96. The quantitative estimate of drug-likeness (QED) is 0.246. The number of nitrogens with one attached hydrogen (secondary N) is 2. The number of hydrogen-bond donors (Lipinski definition) is 2. The maximum atomic E-state index is 13.1. The standard InChI is InChI=1S/C32H35N5O2S/c1-5-23-11-6-7-14-27(23)34-29(38)16-18-36-31(30(35-32(36)40)28-15-8-9-17-33-28)26-19-21(2)37(22(26)3)24-12-10-13-25(20-24)39-4/h6-15,17,19-20,30-31H,5,16,18H2,1-4H3,(H,34,38)(H,35,40)/t30-,31+/m0/s1. The molecular formula is C32H35N5O2S. The number of carbonyl (C=O) groups is 1. The second kappa shape index (κ2) is 11.9. The number of carbonyl (C=O) groups excluding carboxylic acids is 1. The van der Waals surface area contributed by atoms with Gasteiger partial charge in [-0.3, -0.25) is 9.78 Å². The molecule has 5 rings (SSSR count). The van der Waals surface area contributed by atoms with Crippen molar-refractivity contribution >= 4 is 28.9 Å². The summed E-state index contributed by atoms with van der Waals surface area (Å²) in [7, 11) is 1.68. The molecular weight excluding hydrogens is 518 g/mol. The number of rotatable bonds is 9. The molecule has 206 valence electrons. The molecule has 1 saturated heterocycles. The van der Waals surface area contributed by atoms with E-state index in [0.29, 0.717) is 18.1 Å². The number of anilines is 1. The van der Waals surface area contributed by atoms with Crippen LogP contribution < -0.4 is 15.4 Å². The zero-order chi connectivity index (χ0) is 28.2. The van der Waals surface area contributed by atoms with Crippen LogP contribution in [0.4, 0.5) is 5.69 Å². The van der Waals surface area contributed by atoms with Crippen LogP contribution in [0.25, 0.3) is 5.69 Å². The number of aryl methyl sites for hydroxylation is 2. The average molecular weight is 554 g/mol. The van der Waals surface area contributed by atoms with Crippen LogP contribution in [-0.2, 0) is 11.2 Å². The molecule has 2 atom stereocenters. The SMILES string of the molecule is CCc1ccccc1NC(=O)CCN1C(=S)N[C@@H](c2ccccn2)[C@H]1c1cc(C)n(-c2cccc(OC)c2)c1C. The zero-order valence-corrected chi connectivity index (χ0v) is 24.2. The molecule has 0 spiro atoms. The summed E-state index contributed by atoms with van der Waals surface area (Å²) in [5, 5.41) is 7.22. The third-order valence-corrected chi connectivity index (χ3v) is 7.90. The highest BCUT2D eigenvalue weighted by Gasteiger charge is 2.41. The smallest absolute Gasteiger partial charge is 0.226 e. The molecule has 0 saturated carbocycles. The second-order valence-corrected chi connectivity index (χ2v) is 10.4. The van der Waals surface area contributed by atoms with E-state index >= 15 is 0 Å². The van der Waals surface area contributed by atoms with Crippen LogP contribution in [-0.4, -0.2) is 39.1 Å². The van der Waals surface area contributed by atoms with E-state index in [0.717, 1.165) is 51.8 Å². The number of amides is 1. The average Bonchev–Trinajstić information content (AvgIpc) is 3.46. The van der Waals surface area contributed by atoms with Crippen molar-refractivity contribution in [2.45, 2.75) is 45.7 Å². The van der Waals surface area contributed by atoms with E-state index in [1.807, 2.05) is 60.7 Å². The second-order valence-electron chi connectivity index (χ2n) is 9.99. The molecule has 40 heavy (non-hydrogen) atoms. The van der Waals surface area contributed by atoms with E-state index in [1.165, 1.54) is 0 Å². The van der Waals surface area contributed by atoms with Gasteiger partial charge in [0.15, 0.2) is 5.11 Å². The molecule has 0 aliphatic carbocycles. The van der Waals surface area contributed by atoms with Gasteiger partial charge in [0.25, 0.3) is 0 Å². The minimum atomic E-state index is -0.156. The number of benzene rings is 2.